The van der Waals surface area contributed by atoms with Gasteiger partial charge in [0.1, 0.15) is 5.82 Å². The third-order valence-corrected chi connectivity index (χ3v) is 2.75. The number of rotatable bonds is 3. The van der Waals surface area contributed by atoms with Crippen LogP contribution < -0.4 is 4.90 Å². The second-order valence-corrected chi connectivity index (χ2v) is 4.38. The Labute approximate surface area is 104 Å². The van der Waals surface area contributed by atoms with E-state index in [9.17, 15) is 4.39 Å². The van der Waals surface area contributed by atoms with Crippen molar-refractivity contribution in [2.75, 3.05) is 11.9 Å². The highest BCUT2D eigenvalue weighted by molar-refractivity contribution is 6.30. The van der Waals surface area contributed by atoms with E-state index in [2.05, 4.69) is 5.10 Å². The number of halogens is 2. The summed E-state index contributed by atoms with van der Waals surface area (Å²) in [5.74, 6) is 0.516. The van der Waals surface area contributed by atoms with Crippen molar-refractivity contribution in [2.45, 2.75) is 6.54 Å². The first-order chi connectivity index (χ1) is 8.06. The number of aryl methyl sites for hydroxylation is 1. The average molecular weight is 254 g/mol. The summed E-state index contributed by atoms with van der Waals surface area (Å²) in [6.45, 7) is 0.458. The Morgan fingerprint density at radius 1 is 1.41 bits per heavy atom. The second kappa shape index (κ2) is 4.75. The van der Waals surface area contributed by atoms with Crippen LogP contribution in [0.1, 0.15) is 5.56 Å². The van der Waals surface area contributed by atoms with Crippen LogP contribution in [0.4, 0.5) is 10.2 Å². The highest BCUT2D eigenvalue weighted by atomic mass is 35.5. The Kier molecular flexibility index (Phi) is 3.33. The third kappa shape index (κ3) is 2.77. The monoisotopic (exact) mass is 253 g/mol. The molecule has 5 heteroatoms. The molecular formula is C12H13ClFN3. The van der Waals surface area contributed by atoms with Gasteiger partial charge in [0.2, 0.25) is 0 Å². The molecule has 1 aromatic heterocycles. The highest BCUT2D eigenvalue weighted by Gasteiger charge is 2.08. The van der Waals surface area contributed by atoms with Gasteiger partial charge in [-0.3, -0.25) is 4.68 Å². The predicted octanol–water partition coefficient (Wildman–Crippen LogP) is 2.85. The second-order valence-electron chi connectivity index (χ2n) is 3.94. The zero-order chi connectivity index (χ0) is 12.4. The first-order valence-electron chi connectivity index (χ1n) is 5.21. The van der Waals surface area contributed by atoms with Gasteiger partial charge in [-0.15, -0.1) is 0 Å². The Balaban J connectivity index is 2.15. The molecule has 17 heavy (non-hydrogen) atoms. The summed E-state index contributed by atoms with van der Waals surface area (Å²) >= 11 is 5.70. The van der Waals surface area contributed by atoms with Gasteiger partial charge in [-0.1, -0.05) is 17.7 Å². The van der Waals surface area contributed by atoms with Crippen LogP contribution in [-0.2, 0) is 13.6 Å². The molecule has 0 N–H and O–H groups in total. The standard InChI is InChI=1S/C12H13ClFN3/c1-16(12-5-6-17(2)15-12)8-9-3-4-10(13)7-11(9)14/h3-7H,8H2,1-2H3. The van der Waals surface area contributed by atoms with Crippen LogP contribution in [-0.4, -0.2) is 16.8 Å². The van der Waals surface area contributed by atoms with Crippen molar-refractivity contribution >= 4 is 17.4 Å². The van der Waals surface area contributed by atoms with E-state index in [1.165, 1.54) is 6.07 Å². The van der Waals surface area contributed by atoms with Gasteiger partial charge in [0.05, 0.1) is 0 Å². The number of anilines is 1. The molecule has 0 bridgehead atoms. The molecule has 2 rings (SSSR count). The molecule has 0 aliphatic carbocycles. The average Bonchev–Trinajstić information content (AvgIpc) is 2.69. The van der Waals surface area contributed by atoms with Gasteiger partial charge >= 0.3 is 0 Å². The zero-order valence-corrected chi connectivity index (χ0v) is 10.4. The molecule has 1 aromatic carbocycles. The summed E-state index contributed by atoms with van der Waals surface area (Å²) in [6, 6.07) is 6.58. The Hall–Kier alpha value is -1.55. The van der Waals surface area contributed by atoms with E-state index in [0.717, 1.165) is 5.82 Å². The van der Waals surface area contributed by atoms with Crippen molar-refractivity contribution < 1.29 is 4.39 Å². The van der Waals surface area contributed by atoms with Crippen LogP contribution >= 0.6 is 11.6 Å². The molecule has 0 fully saturated rings. The van der Waals surface area contributed by atoms with E-state index >= 15 is 0 Å². The molecule has 0 aliphatic rings. The largest absolute Gasteiger partial charge is 0.354 e. The van der Waals surface area contributed by atoms with Gasteiger partial charge in [0.15, 0.2) is 5.82 Å². The van der Waals surface area contributed by atoms with Crippen LogP contribution in [0.15, 0.2) is 30.5 Å². The number of aromatic nitrogens is 2. The van der Waals surface area contributed by atoms with Crippen LogP contribution in [0.25, 0.3) is 0 Å². The molecule has 0 atom stereocenters. The van der Waals surface area contributed by atoms with E-state index < -0.39 is 0 Å². The van der Waals surface area contributed by atoms with Gasteiger partial charge < -0.3 is 4.90 Å². The van der Waals surface area contributed by atoms with E-state index in [0.29, 0.717) is 17.1 Å². The highest BCUT2D eigenvalue weighted by Crippen LogP contribution is 2.18. The van der Waals surface area contributed by atoms with Crippen molar-refractivity contribution in [3.05, 3.63) is 46.9 Å². The minimum absolute atomic E-state index is 0.291. The minimum atomic E-state index is -0.291. The topological polar surface area (TPSA) is 21.1 Å². The molecular weight excluding hydrogens is 241 g/mol. The normalized spacial score (nSPS) is 10.6. The molecule has 0 unspecified atom stereocenters. The van der Waals surface area contributed by atoms with Gasteiger partial charge in [-0.2, -0.15) is 5.10 Å². The van der Waals surface area contributed by atoms with E-state index in [-0.39, 0.29) is 5.82 Å². The SMILES string of the molecule is CN(Cc1ccc(Cl)cc1F)c1ccn(C)n1. The van der Waals surface area contributed by atoms with Crippen LogP contribution in [0, 0.1) is 5.82 Å². The summed E-state index contributed by atoms with van der Waals surface area (Å²) in [6.07, 6.45) is 1.85. The van der Waals surface area contributed by atoms with Gasteiger partial charge in [-0.25, -0.2) is 4.39 Å². The third-order valence-electron chi connectivity index (χ3n) is 2.51. The van der Waals surface area contributed by atoms with Crippen LogP contribution in [0.2, 0.25) is 5.02 Å². The maximum atomic E-state index is 13.6. The minimum Gasteiger partial charge on any atom is -0.354 e. The molecule has 0 amide bonds. The molecule has 3 nitrogen and oxygen atoms in total. The van der Waals surface area contributed by atoms with Crippen LogP contribution in [0.5, 0.6) is 0 Å². The zero-order valence-electron chi connectivity index (χ0n) is 9.69. The maximum absolute atomic E-state index is 13.6. The first kappa shape index (κ1) is 11.9. The maximum Gasteiger partial charge on any atom is 0.150 e. The molecule has 90 valence electrons. The van der Waals surface area contributed by atoms with E-state index in [1.54, 1.807) is 16.8 Å². The lowest BCUT2D eigenvalue weighted by atomic mass is 10.2. The Bertz CT molecular complexity index is 524. The van der Waals surface area contributed by atoms with Crippen molar-refractivity contribution in [3.63, 3.8) is 0 Å². The number of hydrogen-bond acceptors (Lipinski definition) is 2. The summed E-state index contributed by atoms with van der Waals surface area (Å²) < 4.78 is 15.3. The van der Waals surface area contributed by atoms with Gasteiger partial charge in [0, 0.05) is 43.5 Å². The van der Waals surface area contributed by atoms with Crippen LogP contribution in [0.3, 0.4) is 0 Å². The van der Waals surface area contributed by atoms with Crippen molar-refractivity contribution in [3.8, 4) is 0 Å². The lowest BCUT2D eigenvalue weighted by molar-refractivity contribution is 0.607. The Morgan fingerprint density at radius 2 is 2.18 bits per heavy atom. The molecule has 0 radical (unpaired) electrons. The molecule has 0 saturated carbocycles. The molecule has 1 heterocycles. The lowest BCUT2D eigenvalue weighted by Crippen LogP contribution is -2.18. The molecule has 0 aliphatic heterocycles. The smallest absolute Gasteiger partial charge is 0.150 e. The number of benzene rings is 1. The summed E-state index contributed by atoms with van der Waals surface area (Å²) in [5.41, 5.74) is 0.600. The van der Waals surface area contributed by atoms with Crippen molar-refractivity contribution in [1.29, 1.82) is 0 Å². The van der Waals surface area contributed by atoms with E-state index in [4.69, 9.17) is 11.6 Å². The van der Waals surface area contributed by atoms with Crippen molar-refractivity contribution in [1.82, 2.24) is 9.78 Å². The first-order valence-corrected chi connectivity index (χ1v) is 5.59. The quantitative estimate of drug-likeness (QED) is 0.839. The summed E-state index contributed by atoms with van der Waals surface area (Å²) in [4.78, 5) is 1.88. The Morgan fingerprint density at radius 3 is 2.76 bits per heavy atom. The number of hydrogen-bond donors (Lipinski definition) is 0. The molecule has 0 spiro atoms. The molecule has 2 aromatic rings. The predicted molar refractivity (Wildman–Crippen MR) is 66.7 cm³/mol. The lowest BCUT2D eigenvalue weighted by Gasteiger charge is -2.16. The van der Waals surface area contributed by atoms with Gasteiger partial charge in [0.25, 0.3) is 0 Å². The fourth-order valence-corrected chi connectivity index (χ4v) is 1.75. The summed E-state index contributed by atoms with van der Waals surface area (Å²) in [5, 5.41) is 4.66. The van der Waals surface area contributed by atoms with Crippen molar-refractivity contribution in [2.24, 2.45) is 7.05 Å². The number of nitrogens with zero attached hydrogens (tertiary/aromatic N) is 3. The summed E-state index contributed by atoms with van der Waals surface area (Å²) in [7, 11) is 3.72. The fraction of sp³-hybridized carbons (Fsp3) is 0.250. The fourth-order valence-electron chi connectivity index (χ4n) is 1.59. The van der Waals surface area contributed by atoms with Gasteiger partial charge in [-0.05, 0) is 12.1 Å². The molecule has 0 saturated heterocycles. The van der Waals surface area contributed by atoms with E-state index in [1.807, 2.05) is 31.3 Å².